The highest BCUT2D eigenvalue weighted by Crippen LogP contribution is 2.13. The number of ether oxygens (including phenoxy) is 2. The molecule has 0 aliphatic carbocycles. The summed E-state index contributed by atoms with van der Waals surface area (Å²) in [6.07, 6.45) is 0. The number of halogens is 1. The maximum absolute atomic E-state index is 5.21. The second-order valence-electron chi connectivity index (χ2n) is 4.73. The zero-order chi connectivity index (χ0) is 14.8. The van der Waals surface area contributed by atoms with Crippen LogP contribution in [0, 0.1) is 0 Å². The quantitative estimate of drug-likeness (QED) is 0.316. The summed E-state index contributed by atoms with van der Waals surface area (Å²) in [6, 6.07) is 8.25. The van der Waals surface area contributed by atoms with Gasteiger partial charge in [0.05, 0.1) is 20.3 Å². The van der Waals surface area contributed by atoms with Crippen LogP contribution in [0.25, 0.3) is 0 Å². The summed E-state index contributed by atoms with van der Waals surface area (Å²) in [5.74, 6) is 1.64. The third-order valence-electron chi connectivity index (χ3n) is 2.58. The standard InChI is InChI=1S/C15H25N3O2.HI/c1-12(2)18-15(16-8-9-19-3)17-11-13-6-5-7-14(10-13)20-4;/h5-7,10,12H,8-9,11H2,1-4H3,(H2,16,17,18);1H. The van der Waals surface area contributed by atoms with Crippen LogP contribution in [-0.4, -0.2) is 39.4 Å². The lowest BCUT2D eigenvalue weighted by Gasteiger charge is -2.15. The second-order valence-corrected chi connectivity index (χ2v) is 4.73. The van der Waals surface area contributed by atoms with E-state index in [1.54, 1.807) is 14.2 Å². The molecule has 0 saturated heterocycles. The van der Waals surface area contributed by atoms with Crippen molar-refractivity contribution in [1.29, 1.82) is 0 Å². The molecule has 2 N–H and O–H groups in total. The van der Waals surface area contributed by atoms with Crippen LogP contribution in [-0.2, 0) is 11.3 Å². The summed E-state index contributed by atoms with van der Waals surface area (Å²) in [5.41, 5.74) is 1.11. The molecule has 0 amide bonds. The van der Waals surface area contributed by atoms with E-state index in [1.807, 2.05) is 24.3 Å². The number of nitrogens with one attached hydrogen (secondary N) is 2. The summed E-state index contributed by atoms with van der Waals surface area (Å²) in [7, 11) is 3.35. The number of methoxy groups -OCH3 is 2. The predicted molar refractivity (Wildman–Crippen MR) is 97.7 cm³/mol. The van der Waals surface area contributed by atoms with Gasteiger partial charge in [-0.05, 0) is 31.5 Å². The summed E-state index contributed by atoms with van der Waals surface area (Å²) >= 11 is 0. The lowest BCUT2D eigenvalue weighted by Crippen LogP contribution is -2.42. The van der Waals surface area contributed by atoms with Gasteiger partial charge in [-0.2, -0.15) is 0 Å². The molecule has 1 rings (SSSR count). The van der Waals surface area contributed by atoms with Crippen LogP contribution in [0.2, 0.25) is 0 Å². The first kappa shape index (κ1) is 20.0. The van der Waals surface area contributed by atoms with Crippen LogP contribution < -0.4 is 15.4 Å². The molecule has 0 aliphatic rings. The van der Waals surface area contributed by atoms with Crippen molar-refractivity contribution in [2.24, 2.45) is 4.99 Å². The number of benzene rings is 1. The van der Waals surface area contributed by atoms with Gasteiger partial charge in [0.1, 0.15) is 5.75 Å². The highest BCUT2D eigenvalue weighted by molar-refractivity contribution is 14.0. The smallest absolute Gasteiger partial charge is 0.191 e. The van der Waals surface area contributed by atoms with Crippen molar-refractivity contribution in [3.8, 4) is 5.75 Å². The molecule has 120 valence electrons. The number of hydrogen-bond donors (Lipinski definition) is 2. The van der Waals surface area contributed by atoms with Gasteiger partial charge in [-0.3, -0.25) is 0 Å². The van der Waals surface area contributed by atoms with Gasteiger partial charge in [0.25, 0.3) is 0 Å². The maximum atomic E-state index is 5.21. The number of hydrogen-bond acceptors (Lipinski definition) is 3. The minimum atomic E-state index is 0. The Bertz CT molecular complexity index is 425. The molecule has 0 atom stereocenters. The molecule has 21 heavy (non-hydrogen) atoms. The first-order valence-corrected chi connectivity index (χ1v) is 6.82. The fourth-order valence-electron chi connectivity index (χ4n) is 1.64. The molecule has 0 radical (unpaired) electrons. The minimum Gasteiger partial charge on any atom is -0.497 e. The van der Waals surface area contributed by atoms with Gasteiger partial charge in [-0.15, -0.1) is 24.0 Å². The number of nitrogens with zero attached hydrogens (tertiary/aromatic N) is 1. The number of guanidine groups is 1. The Morgan fingerprint density at radius 3 is 2.67 bits per heavy atom. The second kappa shape index (κ2) is 11.6. The van der Waals surface area contributed by atoms with E-state index in [0.717, 1.165) is 23.8 Å². The Kier molecular flexibility index (Phi) is 11.1. The van der Waals surface area contributed by atoms with Crippen molar-refractivity contribution in [3.05, 3.63) is 29.8 Å². The summed E-state index contributed by atoms with van der Waals surface area (Å²) in [5, 5.41) is 6.52. The molecular weight excluding hydrogens is 381 g/mol. The van der Waals surface area contributed by atoms with Crippen LogP contribution in [0.3, 0.4) is 0 Å². The van der Waals surface area contributed by atoms with Gasteiger partial charge in [-0.25, -0.2) is 4.99 Å². The van der Waals surface area contributed by atoms with Crippen LogP contribution >= 0.6 is 24.0 Å². The van der Waals surface area contributed by atoms with Crippen molar-refractivity contribution in [2.45, 2.75) is 26.4 Å². The van der Waals surface area contributed by atoms with E-state index in [1.165, 1.54) is 0 Å². The molecule has 0 spiro atoms. The van der Waals surface area contributed by atoms with E-state index in [-0.39, 0.29) is 24.0 Å². The Morgan fingerprint density at radius 2 is 2.05 bits per heavy atom. The average Bonchev–Trinajstić information content (AvgIpc) is 2.44. The van der Waals surface area contributed by atoms with Crippen molar-refractivity contribution < 1.29 is 9.47 Å². The third-order valence-corrected chi connectivity index (χ3v) is 2.58. The first-order chi connectivity index (χ1) is 9.65. The monoisotopic (exact) mass is 407 g/mol. The van der Waals surface area contributed by atoms with E-state index >= 15 is 0 Å². The summed E-state index contributed by atoms with van der Waals surface area (Å²) in [4.78, 5) is 4.56. The third kappa shape index (κ3) is 8.77. The topological polar surface area (TPSA) is 54.9 Å². The lowest BCUT2D eigenvalue weighted by atomic mass is 10.2. The normalized spacial score (nSPS) is 11.0. The molecule has 0 aromatic heterocycles. The lowest BCUT2D eigenvalue weighted by molar-refractivity contribution is 0.203. The Labute approximate surface area is 144 Å². The number of aliphatic imine (C=N–C) groups is 1. The van der Waals surface area contributed by atoms with Gasteiger partial charge in [0.2, 0.25) is 0 Å². The maximum Gasteiger partial charge on any atom is 0.191 e. The van der Waals surface area contributed by atoms with Gasteiger partial charge >= 0.3 is 0 Å². The highest BCUT2D eigenvalue weighted by atomic mass is 127. The Hall–Kier alpha value is -1.02. The molecule has 0 saturated carbocycles. The molecule has 1 aromatic rings. The zero-order valence-corrected chi connectivity index (χ0v) is 15.5. The van der Waals surface area contributed by atoms with Crippen LogP contribution in [0.1, 0.15) is 19.4 Å². The van der Waals surface area contributed by atoms with Crippen molar-refractivity contribution in [3.63, 3.8) is 0 Å². The summed E-state index contributed by atoms with van der Waals surface area (Å²) in [6.45, 7) is 6.15. The largest absolute Gasteiger partial charge is 0.497 e. The van der Waals surface area contributed by atoms with Gasteiger partial charge in [0.15, 0.2) is 5.96 Å². The van der Waals surface area contributed by atoms with Crippen LogP contribution in [0.15, 0.2) is 29.3 Å². The van der Waals surface area contributed by atoms with E-state index < -0.39 is 0 Å². The molecule has 0 aliphatic heterocycles. The van der Waals surface area contributed by atoms with Gasteiger partial charge < -0.3 is 20.1 Å². The van der Waals surface area contributed by atoms with Gasteiger partial charge in [-0.1, -0.05) is 12.1 Å². The molecule has 0 unspecified atom stereocenters. The molecule has 0 heterocycles. The SMILES string of the molecule is COCCNC(=NCc1cccc(OC)c1)NC(C)C.I. The van der Waals surface area contributed by atoms with Crippen molar-refractivity contribution >= 4 is 29.9 Å². The molecular formula is C15H26IN3O2. The first-order valence-electron chi connectivity index (χ1n) is 6.82. The van der Waals surface area contributed by atoms with Crippen molar-refractivity contribution in [2.75, 3.05) is 27.4 Å². The fourth-order valence-corrected chi connectivity index (χ4v) is 1.64. The van der Waals surface area contributed by atoms with Crippen molar-refractivity contribution in [1.82, 2.24) is 10.6 Å². The molecule has 0 bridgehead atoms. The van der Waals surface area contributed by atoms with E-state index in [2.05, 4.69) is 29.5 Å². The Balaban J connectivity index is 0.00000400. The predicted octanol–water partition coefficient (Wildman–Crippen LogP) is 2.40. The van der Waals surface area contributed by atoms with Crippen LogP contribution in [0.4, 0.5) is 0 Å². The fraction of sp³-hybridized carbons (Fsp3) is 0.533. The van der Waals surface area contributed by atoms with E-state index in [0.29, 0.717) is 19.2 Å². The minimum absolute atomic E-state index is 0. The molecule has 5 nitrogen and oxygen atoms in total. The summed E-state index contributed by atoms with van der Waals surface area (Å²) < 4.78 is 10.2. The average molecular weight is 407 g/mol. The zero-order valence-electron chi connectivity index (χ0n) is 13.2. The molecule has 6 heteroatoms. The van der Waals surface area contributed by atoms with E-state index in [4.69, 9.17) is 9.47 Å². The molecule has 0 fully saturated rings. The molecule has 1 aromatic carbocycles. The van der Waals surface area contributed by atoms with Gasteiger partial charge in [0, 0.05) is 19.7 Å². The van der Waals surface area contributed by atoms with E-state index in [9.17, 15) is 0 Å². The number of rotatable bonds is 7. The highest BCUT2D eigenvalue weighted by Gasteiger charge is 2.01. The Morgan fingerprint density at radius 1 is 1.29 bits per heavy atom. The van der Waals surface area contributed by atoms with Crippen LogP contribution in [0.5, 0.6) is 5.75 Å².